The van der Waals surface area contributed by atoms with Gasteiger partial charge in [-0.05, 0) is 0 Å². The quantitative estimate of drug-likeness (QED) is 0.774. The highest BCUT2D eigenvalue weighted by Gasteiger charge is 2.06. The molecule has 68 valence electrons. The van der Waals surface area contributed by atoms with Crippen LogP contribution in [0.25, 0.3) is 0 Å². The van der Waals surface area contributed by atoms with Crippen molar-refractivity contribution in [2.24, 2.45) is 5.73 Å². The van der Waals surface area contributed by atoms with E-state index in [0.29, 0.717) is 5.82 Å². The van der Waals surface area contributed by atoms with E-state index in [1.54, 1.807) is 0 Å². The van der Waals surface area contributed by atoms with Gasteiger partial charge in [-0.15, -0.1) is 12.4 Å². The summed E-state index contributed by atoms with van der Waals surface area (Å²) in [6, 6.07) is 0. The van der Waals surface area contributed by atoms with E-state index in [0.717, 1.165) is 12.4 Å². The lowest BCUT2D eigenvalue weighted by molar-refractivity contribution is 0.150. The van der Waals surface area contributed by atoms with Crippen LogP contribution in [0.5, 0.6) is 0 Å². The average Bonchev–Trinajstić information content (AvgIpc) is 2.05. The molecule has 0 saturated carbocycles. The van der Waals surface area contributed by atoms with Crippen LogP contribution in [0.2, 0.25) is 0 Å². The molecule has 0 aliphatic carbocycles. The molecule has 0 fully saturated rings. The van der Waals surface area contributed by atoms with E-state index >= 15 is 0 Å². The van der Waals surface area contributed by atoms with Crippen molar-refractivity contribution in [2.75, 3.05) is 0 Å². The molecule has 12 heavy (non-hydrogen) atoms. The predicted molar refractivity (Wildman–Crippen MR) is 42.1 cm³/mol. The highest BCUT2D eigenvalue weighted by Crippen LogP contribution is 2.15. The highest BCUT2D eigenvalue weighted by atomic mass is 35.5. The minimum absolute atomic E-state index is 0. The zero-order valence-corrected chi connectivity index (χ0v) is 6.89. The summed E-state index contributed by atoms with van der Waals surface area (Å²) in [4.78, 5) is 7.20. The molecule has 3 nitrogen and oxygen atoms in total. The van der Waals surface area contributed by atoms with Crippen molar-refractivity contribution in [3.63, 3.8) is 0 Å². The predicted octanol–water partition coefficient (Wildman–Crippen LogP) is 1.29. The van der Waals surface area contributed by atoms with Gasteiger partial charge in [0.05, 0.1) is 12.1 Å². The molecule has 0 aliphatic rings. The second-order valence-corrected chi connectivity index (χ2v) is 1.94. The number of aromatic nitrogens is 2. The van der Waals surface area contributed by atoms with Gasteiger partial charge in [0.25, 0.3) is 6.43 Å². The molecular formula is C6H8ClF2N3. The largest absolute Gasteiger partial charge is 0.324 e. The molecule has 1 aromatic rings. The van der Waals surface area contributed by atoms with Crippen LogP contribution in [0.15, 0.2) is 12.4 Å². The second-order valence-electron chi connectivity index (χ2n) is 1.94. The molecule has 0 bridgehead atoms. The SMILES string of the molecule is Cl.NCc1ncc(C(F)F)cn1. The van der Waals surface area contributed by atoms with Crippen LogP contribution in [0.4, 0.5) is 8.78 Å². The maximum Gasteiger partial charge on any atom is 0.266 e. The monoisotopic (exact) mass is 195 g/mol. The molecular weight excluding hydrogens is 188 g/mol. The summed E-state index contributed by atoms with van der Waals surface area (Å²) in [6.45, 7) is 0.170. The van der Waals surface area contributed by atoms with Gasteiger partial charge in [0.1, 0.15) is 5.82 Å². The lowest BCUT2D eigenvalue weighted by Gasteiger charge is -1.98. The van der Waals surface area contributed by atoms with Gasteiger partial charge in [0, 0.05) is 12.4 Å². The lowest BCUT2D eigenvalue weighted by Crippen LogP contribution is -2.03. The lowest BCUT2D eigenvalue weighted by atomic mass is 10.3. The summed E-state index contributed by atoms with van der Waals surface area (Å²) in [6.07, 6.45) is -0.346. The first-order chi connectivity index (χ1) is 5.24. The minimum atomic E-state index is -2.51. The third-order valence-electron chi connectivity index (χ3n) is 1.16. The normalized spacial score (nSPS) is 9.67. The van der Waals surface area contributed by atoms with Crippen molar-refractivity contribution in [1.82, 2.24) is 9.97 Å². The summed E-state index contributed by atoms with van der Waals surface area (Å²) < 4.78 is 23.8. The van der Waals surface area contributed by atoms with E-state index < -0.39 is 6.43 Å². The summed E-state index contributed by atoms with van der Waals surface area (Å²) in [5.41, 5.74) is 4.98. The fraction of sp³-hybridized carbons (Fsp3) is 0.333. The fourth-order valence-corrected chi connectivity index (χ4v) is 0.583. The van der Waals surface area contributed by atoms with E-state index in [1.807, 2.05) is 0 Å². The maximum absolute atomic E-state index is 11.9. The fourth-order valence-electron chi connectivity index (χ4n) is 0.583. The van der Waals surface area contributed by atoms with Gasteiger partial charge < -0.3 is 5.73 Å². The number of alkyl halides is 2. The molecule has 0 aromatic carbocycles. The number of hydrogen-bond donors (Lipinski definition) is 1. The Morgan fingerprint density at radius 1 is 1.33 bits per heavy atom. The molecule has 0 amide bonds. The maximum atomic E-state index is 11.9. The first kappa shape index (κ1) is 11.2. The number of halogens is 3. The molecule has 1 heterocycles. The summed E-state index contributed by atoms with van der Waals surface area (Å²) in [5, 5.41) is 0. The van der Waals surface area contributed by atoms with Crippen LogP contribution in [-0.4, -0.2) is 9.97 Å². The van der Waals surface area contributed by atoms with Crippen LogP contribution in [-0.2, 0) is 6.54 Å². The van der Waals surface area contributed by atoms with Gasteiger partial charge in [-0.25, -0.2) is 18.7 Å². The summed E-state index contributed by atoms with van der Waals surface area (Å²) in [7, 11) is 0. The molecule has 0 aliphatic heterocycles. The van der Waals surface area contributed by atoms with Crippen molar-refractivity contribution in [2.45, 2.75) is 13.0 Å². The van der Waals surface area contributed by atoms with E-state index in [4.69, 9.17) is 5.73 Å². The number of hydrogen-bond acceptors (Lipinski definition) is 3. The molecule has 0 radical (unpaired) electrons. The zero-order valence-electron chi connectivity index (χ0n) is 6.08. The first-order valence-electron chi connectivity index (χ1n) is 3.03. The molecule has 0 unspecified atom stereocenters. The minimum Gasteiger partial charge on any atom is -0.324 e. The highest BCUT2D eigenvalue weighted by molar-refractivity contribution is 5.85. The Morgan fingerprint density at radius 2 is 1.83 bits per heavy atom. The number of nitrogens with two attached hydrogens (primary N) is 1. The van der Waals surface area contributed by atoms with Gasteiger partial charge >= 0.3 is 0 Å². The van der Waals surface area contributed by atoms with Gasteiger partial charge in [0.15, 0.2) is 0 Å². The summed E-state index contributed by atoms with van der Waals surface area (Å²) >= 11 is 0. The Bertz CT molecular complexity index is 227. The standard InChI is InChI=1S/C6H7F2N3.ClH/c7-6(8)4-2-10-5(1-9)11-3-4;/h2-3,6H,1,9H2;1H. The van der Waals surface area contributed by atoms with Crippen LogP contribution < -0.4 is 5.73 Å². The molecule has 2 N–H and O–H groups in total. The van der Waals surface area contributed by atoms with E-state index in [1.165, 1.54) is 0 Å². The van der Waals surface area contributed by atoms with Gasteiger partial charge in [-0.2, -0.15) is 0 Å². The molecule has 0 atom stereocenters. The van der Waals surface area contributed by atoms with Gasteiger partial charge in [-0.3, -0.25) is 0 Å². The van der Waals surface area contributed by atoms with Gasteiger partial charge in [-0.1, -0.05) is 0 Å². The smallest absolute Gasteiger partial charge is 0.266 e. The third-order valence-corrected chi connectivity index (χ3v) is 1.16. The van der Waals surface area contributed by atoms with Crippen LogP contribution in [0.1, 0.15) is 17.8 Å². The Morgan fingerprint density at radius 3 is 2.17 bits per heavy atom. The second kappa shape index (κ2) is 4.95. The zero-order chi connectivity index (χ0) is 8.27. The topological polar surface area (TPSA) is 51.8 Å². The van der Waals surface area contributed by atoms with Crippen LogP contribution in [0, 0.1) is 0 Å². The van der Waals surface area contributed by atoms with Crippen molar-refractivity contribution >= 4 is 12.4 Å². The first-order valence-corrected chi connectivity index (χ1v) is 3.03. The van der Waals surface area contributed by atoms with E-state index in [-0.39, 0.29) is 24.5 Å². The van der Waals surface area contributed by atoms with Gasteiger partial charge in [0.2, 0.25) is 0 Å². The Labute approximate surface area is 74.4 Å². The molecule has 1 rings (SSSR count). The third kappa shape index (κ3) is 2.67. The van der Waals surface area contributed by atoms with Crippen molar-refractivity contribution in [3.05, 3.63) is 23.8 Å². The Hall–Kier alpha value is -0.810. The summed E-state index contributed by atoms with van der Waals surface area (Å²) in [5.74, 6) is 0.370. The number of rotatable bonds is 2. The molecule has 0 spiro atoms. The number of nitrogens with zero attached hydrogens (tertiary/aromatic N) is 2. The van der Waals surface area contributed by atoms with Crippen LogP contribution >= 0.6 is 12.4 Å². The molecule has 6 heteroatoms. The Kier molecular flexibility index (Phi) is 4.61. The molecule has 1 aromatic heterocycles. The molecule has 0 saturated heterocycles. The van der Waals surface area contributed by atoms with E-state index in [2.05, 4.69) is 9.97 Å². The van der Waals surface area contributed by atoms with Crippen molar-refractivity contribution < 1.29 is 8.78 Å². The Balaban J connectivity index is 0.00000121. The average molecular weight is 196 g/mol. The van der Waals surface area contributed by atoms with Crippen molar-refractivity contribution in [3.8, 4) is 0 Å². The van der Waals surface area contributed by atoms with E-state index in [9.17, 15) is 8.78 Å². The van der Waals surface area contributed by atoms with Crippen LogP contribution in [0.3, 0.4) is 0 Å². The van der Waals surface area contributed by atoms with Crippen molar-refractivity contribution in [1.29, 1.82) is 0 Å².